The second-order valence-electron chi connectivity index (χ2n) is 3.65. The zero-order valence-electron chi connectivity index (χ0n) is 8.02. The van der Waals surface area contributed by atoms with Crippen molar-refractivity contribution in [1.82, 2.24) is 9.78 Å². The Morgan fingerprint density at radius 1 is 1.31 bits per heavy atom. The summed E-state index contributed by atoms with van der Waals surface area (Å²) >= 11 is 0. The predicted molar refractivity (Wildman–Crippen MR) is 50.5 cm³/mol. The van der Waals surface area contributed by atoms with Gasteiger partial charge in [0.1, 0.15) is 0 Å². The van der Waals surface area contributed by atoms with Crippen molar-refractivity contribution in [3.63, 3.8) is 0 Å². The zero-order valence-corrected chi connectivity index (χ0v) is 8.02. The molecule has 1 heterocycles. The molecule has 1 saturated carbocycles. The van der Waals surface area contributed by atoms with E-state index in [0.717, 1.165) is 0 Å². The van der Waals surface area contributed by atoms with E-state index < -0.39 is 0 Å². The Morgan fingerprint density at radius 3 is 2.62 bits per heavy atom. The predicted octanol–water partition coefficient (Wildman–Crippen LogP) is 2.01. The van der Waals surface area contributed by atoms with Crippen LogP contribution in [0, 0.1) is 0 Å². The summed E-state index contributed by atoms with van der Waals surface area (Å²) in [7, 11) is 1.80. The van der Waals surface area contributed by atoms with E-state index >= 15 is 0 Å². The van der Waals surface area contributed by atoms with Gasteiger partial charge in [0.05, 0.1) is 12.1 Å². The van der Waals surface area contributed by atoms with E-state index in [-0.39, 0.29) is 0 Å². The minimum atomic E-state index is 0.479. The summed E-state index contributed by atoms with van der Waals surface area (Å²) in [5.41, 5.74) is 0. The van der Waals surface area contributed by atoms with E-state index in [4.69, 9.17) is 4.74 Å². The number of nitrogens with zero attached hydrogens (tertiary/aromatic N) is 2. The van der Waals surface area contributed by atoms with Gasteiger partial charge in [0.15, 0.2) is 0 Å². The molecule has 0 bridgehead atoms. The summed E-state index contributed by atoms with van der Waals surface area (Å²) in [5.74, 6) is 0. The number of rotatable bonds is 2. The number of methoxy groups -OCH3 is 1. The molecule has 0 unspecified atom stereocenters. The van der Waals surface area contributed by atoms with Crippen LogP contribution in [0.3, 0.4) is 0 Å². The summed E-state index contributed by atoms with van der Waals surface area (Å²) in [4.78, 5) is 0. The molecule has 0 spiro atoms. The highest BCUT2D eigenvalue weighted by Gasteiger charge is 2.21. The summed E-state index contributed by atoms with van der Waals surface area (Å²) in [6.45, 7) is 0. The second-order valence-corrected chi connectivity index (χ2v) is 3.65. The van der Waals surface area contributed by atoms with E-state index in [2.05, 4.69) is 16.0 Å². The average molecular weight is 180 g/mol. The molecule has 1 fully saturated rings. The van der Waals surface area contributed by atoms with Gasteiger partial charge >= 0.3 is 0 Å². The maximum absolute atomic E-state index is 5.33. The molecule has 0 N–H and O–H groups in total. The maximum atomic E-state index is 5.33. The molecule has 0 aromatic carbocycles. The second kappa shape index (κ2) is 3.92. The van der Waals surface area contributed by atoms with Crippen molar-refractivity contribution < 1.29 is 4.74 Å². The third-order valence-corrected chi connectivity index (χ3v) is 2.88. The lowest BCUT2D eigenvalue weighted by Crippen LogP contribution is -2.22. The fourth-order valence-electron chi connectivity index (χ4n) is 2.04. The first-order valence-electron chi connectivity index (χ1n) is 4.92. The first-order valence-corrected chi connectivity index (χ1v) is 4.92. The molecule has 0 amide bonds. The van der Waals surface area contributed by atoms with Crippen LogP contribution in [-0.2, 0) is 4.74 Å². The first-order chi connectivity index (χ1) is 6.40. The molecule has 3 nitrogen and oxygen atoms in total. The molecule has 3 heteroatoms. The van der Waals surface area contributed by atoms with E-state index in [1.807, 2.05) is 12.3 Å². The van der Waals surface area contributed by atoms with Gasteiger partial charge in [0.25, 0.3) is 0 Å². The fourth-order valence-corrected chi connectivity index (χ4v) is 2.04. The van der Waals surface area contributed by atoms with Gasteiger partial charge in [-0.15, -0.1) is 0 Å². The van der Waals surface area contributed by atoms with E-state index in [1.54, 1.807) is 7.11 Å². The van der Waals surface area contributed by atoms with Gasteiger partial charge in [0.2, 0.25) is 0 Å². The van der Waals surface area contributed by atoms with Gasteiger partial charge in [-0.1, -0.05) is 0 Å². The number of hydrogen-bond donors (Lipinski definition) is 0. The number of hydrogen-bond acceptors (Lipinski definition) is 2. The van der Waals surface area contributed by atoms with Gasteiger partial charge in [-0.3, -0.25) is 4.68 Å². The Bertz CT molecular complexity index is 237. The zero-order chi connectivity index (χ0) is 9.10. The van der Waals surface area contributed by atoms with Crippen molar-refractivity contribution in [2.24, 2.45) is 0 Å². The lowest BCUT2D eigenvalue weighted by molar-refractivity contribution is 0.0568. The molecule has 1 aliphatic carbocycles. The Morgan fingerprint density at radius 2 is 2.08 bits per heavy atom. The van der Waals surface area contributed by atoms with Gasteiger partial charge in [-0.25, -0.2) is 0 Å². The van der Waals surface area contributed by atoms with Gasteiger partial charge in [-0.2, -0.15) is 5.10 Å². The van der Waals surface area contributed by atoms with Crippen LogP contribution in [0.1, 0.15) is 31.7 Å². The SMILES string of the molecule is COC1CCC(n2cccn2)CC1. The van der Waals surface area contributed by atoms with Gasteiger partial charge < -0.3 is 4.74 Å². The standard InChI is InChI=1S/C10H16N2O/c1-13-10-5-3-9(4-6-10)12-8-2-7-11-12/h2,7-10H,3-6H2,1H3. The Balaban J connectivity index is 1.92. The summed E-state index contributed by atoms with van der Waals surface area (Å²) in [6.07, 6.45) is 9.11. The lowest BCUT2D eigenvalue weighted by Gasteiger charge is -2.27. The molecule has 0 saturated heterocycles. The highest BCUT2D eigenvalue weighted by molar-refractivity contribution is 4.84. The number of aromatic nitrogens is 2. The third-order valence-electron chi connectivity index (χ3n) is 2.88. The normalized spacial score (nSPS) is 29.0. The Labute approximate surface area is 78.7 Å². The molecular weight excluding hydrogens is 164 g/mol. The van der Waals surface area contributed by atoms with Crippen molar-refractivity contribution in [3.8, 4) is 0 Å². The highest BCUT2D eigenvalue weighted by Crippen LogP contribution is 2.28. The quantitative estimate of drug-likeness (QED) is 0.696. The van der Waals surface area contributed by atoms with Crippen LogP contribution in [0.5, 0.6) is 0 Å². The van der Waals surface area contributed by atoms with Gasteiger partial charge in [-0.05, 0) is 31.7 Å². The van der Waals surface area contributed by atoms with E-state index in [1.165, 1.54) is 25.7 Å². The lowest BCUT2D eigenvalue weighted by atomic mass is 9.93. The molecule has 13 heavy (non-hydrogen) atoms. The van der Waals surface area contributed by atoms with Crippen molar-refractivity contribution in [2.75, 3.05) is 7.11 Å². The molecule has 1 aromatic rings. The van der Waals surface area contributed by atoms with Crippen LogP contribution in [0.2, 0.25) is 0 Å². The topological polar surface area (TPSA) is 27.1 Å². The largest absolute Gasteiger partial charge is 0.381 e. The van der Waals surface area contributed by atoms with Gasteiger partial charge in [0, 0.05) is 19.5 Å². The fraction of sp³-hybridized carbons (Fsp3) is 0.700. The van der Waals surface area contributed by atoms with Crippen molar-refractivity contribution >= 4 is 0 Å². The molecular formula is C10H16N2O. The van der Waals surface area contributed by atoms with Crippen LogP contribution < -0.4 is 0 Å². The molecule has 2 rings (SSSR count). The smallest absolute Gasteiger partial charge is 0.0573 e. The van der Waals surface area contributed by atoms with Crippen LogP contribution in [0.4, 0.5) is 0 Å². The van der Waals surface area contributed by atoms with Crippen molar-refractivity contribution in [1.29, 1.82) is 0 Å². The molecule has 0 radical (unpaired) electrons. The first kappa shape index (κ1) is 8.75. The molecule has 1 aliphatic rings. The minimum absolute atomic E-state index is 0.479. The van der Waals surface area contributed by atoms with Crippen LogP contribution in [-0.4, -0.2) is 23.0 Å². The Kier molecular flexibility index (Phi) is 2.64. The van der Waals surface area contributed by atoms with E-state index in [9.17, 15) is 0 Å². The van der Waals surface area contributed by atoms with Crippen molar-refractivity contribution in [3.05, 3.63) is 18.5 Å². The maximum Gasteiger partial charge on any atom is 0.0573 e. The minimum Gasteiger partial charge on any atom is -0.381 e. The summed E-state index contributed by atoms with van der Waals surface area (Å²) < 4.78 is 7.40. The Hall–Kier alpha value is -0.830. The van der Waals surface area contributed by atoms with Crippen LogP contribution in [0.25, 0.3) is 0 Å². The number of ether oxygens (including phenoxy) is 1. The molecule has 72 valence electrons. The molecule has 0 aliphatic heterocycles. The third kappa shape index (κ3) is 1.91. The molecule has 1 aromatic heterocycles. The van der Waals surface area contributed by atoms with Crippen LogP contribution in [0.15, 0.2) is 18.5 Å². The van der Waals surface area contributed by atoms with Crippen LogP contribution >= 0.6 is 0 Å². The summed E-state index contributed by atoms with van der Waals surface area (Å²) in [6, 6.07) is 2.59. The average Bonchev–Trinajstić information content (AvgIpc) is 2.71. The summed E-state index contributed by atoms with van der Waals surface area (Å²) in [5, 5.41) is 4.27. The molecule has 0 atom stereocenters. The highest BCUT2D eigenvalue weighted by atomic mass is 16.5. The van der Waals surface area contributed by atoms with Crippen molar-refractivity contribution in [2.45, 2.75) is 37.8 Å². The van der Waals surface area contributed by atoms with E-state index in [0.29, 0.717) is 12.1 Å². The monoisotopic (exact) mass is 180 g/mol.